The zero-order valence-corrected chi connectivity index (χ0v) is 11.9. The molecule has 2 atom stereocenters. The van der Waals surface area contributed by atoms with Crippen LogP contribution in [0, 0.1) is 5.92 Å². The highest BCUT2D eigenvalue weighted by Gasteiger charge is 2.43. The molecule has 1 amide bonds. The summed E-state index contributed by atoms with van der Waals surface area (Å²) in [5.74, 6) is 0.708. The molecule has 0 bridgehead atoms. The Hall–Kier alpha value is -0.840. The minimum absolute atomic E-state index is 0.0593. The smallest absolute Gasteiger partial charge is 0.226 e. The van der Waals surface area contributed by atoms with Crippen LogP contribution < -0.4 is 0 Å². The van der Waals surface area contributed by atoms with E-state index in [-0.39, 0.29) is 29.4 Å². The summed E-state index contributed by atoms with van der Waals surface area (Å²) >= 11 is 0. The van der Waals surface area contributed by atoms with E-state index in [1.165, 1.54) is 0 Å². The van der Waals surface area contributed by atoms with Crippen molar-refractivity contribution >= 4 is 15.7 Å². The molecular weight excluding hydrogens is 262 g/mol. The van der Waals surface area contributed by atoms with Gasteiger partial charge in [-0.1, -0.05) is 12.2 Å². The van der Waals surface area contributed by atoms with Crippen LogP contribution in [0.5, 0.6) is 0 Å². The molecule has 1 heterocycles. The molecule has 3 rings (SSSR count). The molecule has 4 nitrogen and oxygen atoms in total. The summed E-state index contributed by atoms with van der Waals surface area (Å²) in [6.07, 6.45) is 9.65. The number of rotatable bonds is 3. The molecular formula is C14H21NO3S. The predicted molar refractivity (Wildman–Crippen MR) is 73.4 cm³/mol. The number of allylic oxidation sites excluding steroid dienone is 2. The molecule has 0 aromatic carbocycles. The summed E-state index contributed by atoms with van der Waals surface area (Å²) in [6, 6.07) is 0.257. The van der Waals surface area contributed by atoms with Crippen LogP contribution in [0.3, 0.4) is 0 Å². The van der Waals surface area contributed by atoms with Crippen LogP contribution in [0.4, 0.5) is 0 Å². The van der Waals surface area contributed by atoms with Crippen molar-refractivity contribution in [3.8, 4) is 0 Å². The van der Waals surface area contributed by atoms with E-state index in [1.807, 2.05) is 4.90 Å². The standard InChI is InChI=1S/C14H21NO3S/c16-14(11-4-2-1-3-5-11)15(12-6-7-12)13-8-9-19(17,18)10-13/h1-2,11-13H,3-10H2/t11-,13-/m0/s1. The van der Waals surface area contributed by atoms with Crippen LogP contribution in [-0.4, -0.2) is 42.8 Å². The topological polar surface area (TPSA) is 54.5 Å². The Morgan fingerprint density at radius 2 is 1.84 bits per heavy atom. The molecule has 0 radical (unpaired) electrons. The number of carbonyl (C=O) groups excluding carboxylic acids is 1. The largest absolute Gasteiger partial charge is 0.335 e. The first-order chi connectivity index (χ1) is 9.07. The molecule has 3 aliphatic rings. The summed E-state index contributed by atoms with van der Waals surface area (Å²) in [6.45, 7) is 0. The van der Waals surface area contributed by atoms with Gasteiger partial charge >= 0.3 is 0 Å². The van der Waals surface area contributed by atoms with Gasteiger partial charge in [0.15, 0.2) is 9.84 Å². The first-order valence-electron chi connectivity index (χ1n) is 7.24. The highest BCUT2D eigenvalue weighted by molar-refractivity contribution is 7.91. The summed E-state index contributed by atoms with van der Waals surface area (Å²) < 4.78 is 23.3. The highest BCUT2D eigenvalue weighted by atomic mass is 32.2. The van der Waals surface area contributed by atoms with E-state index in [2.05, 4.69) is 12.2 Å². The van der Waals surface area contributed by atoms with Gasteiger partial charge in [0.2, 0.25) is 5.91 Å². The second-order valence-corrected chi connectivity index (χ2v) is 8.24. The van der Waals surface area contributed by atoms with Crippen molar-refractivity contribution in [1.29, 1.82) is 0 Å². The van der Waals surface area contributed by atoms with Gasteiger partial charge < -0.3 is 4.90 Å². The average Bonchev–Trinajstić information content (AvgIpc) is 3.15. The van der Waals surface area contributed by atoms with E-state index in [0.29, 0.717) is 12.5 Å². The van der Waals surface area contributed by atoms with Gasteiger partial charge in [-0.25, -0.2) is 8.42 Å². The Morgan fingerprint density at radius 1 is 1.05 bits per heavy atom. The molecule has 0 aromatic rings. The summed E-state index contributed by atoms with van der Waals surface area (Å²) in [4.78, 5) is 14.6. The van der Waals surface area contributed by atoms with Crippen LogP contribution in [0.2, 0.25) is 0 Å². The van der Waals surface area contributed by atoms with Gasteiger partial charge in [0.1, 0.15) is 0 Å². The van der Waals surface area contributed by atoms with Crippen molar-refractivity contribution in [1.82, 2.24) is 4.90 Å². The van der Waals surface area contributed by atoms with Crippen LogP contribution in [0.15, 0.2) is 12.2 Å². The lowest BCUT2D eigenvalue weighted by Gasteiger charge is -2.32. The molecule has 5 heteroatoms. The molecule has 106 valence electrons. The SMILES string of the molecule is O=C([C@H]1CC=CCC1)N(C1CC1)[C@H]1CCS(=O)(=O)C1. The van der Waals surface area contributed by atoms with Crippen molar-refractivity contribution in [3.63, 3.8) is 0 Å². The molecule has 0 aromatic heterocycles. The fourth-order valence-corrected chi connectivity index (χ4v) is 4.95. The zero-order valence-electron chi connectivity index (χ0n) is 11.1. The quantitative estimate of drug-likeness (QED) is 0.738. The molecule has 0 unspecified atom stereocenters. The lowest BCUT2D eigenvalue weighted by atomic mass is 9.92. The van der Waals surface area contributed by atoms with Gasteiger partial charge in [0.05, 0.1) is 11.5 Å². The number of sulfone groups is 1. The van der Waals surface area contributed by atoms with Gasteiger partial charge in [-0.15, -0.1) is 0 Å². The van der Waals surface area contributed by atoms with E-state index in [9.17, 15) is 13.2 Å². The summed E-state index contributed by atoms with van der Waals surface area (Å²) in [5.41, 5.74) is 0. The highest BCUT2D eigenvalue weighted by Crippen LogP contribution is 2.35. The number of hydrogen-bond acceptors (Lipinski definition) is 3. The van der Waals surface area contributed by atoms with Gasteiger partial charge in [-0.2, -0.15) is 0 Å². The maximum atomic E-state index is 12.7. The monoisotopic (exact) mass is 283 g/mol. The Bertz CT molecular complexity index is 493. The van der Waals surface area contributed by atoms with Gasteiger partial charge in [0.25, 0.3) is 0 Å². The fourth-order valence-electron chi connectivity index (χ4n) is 3.23. The van der Waals surface area contributed by atoms with Gasteiger partial charge in [-0.3, -0.25) is 4.79 Å². The van der Waals surface area contributed by atoms with Crippen molar-refractivity contribution in [3.05, 3.63) is 12.2 Å². The Kier molecular flexibility index (Phi) is 3.41. The third kappa shape index (κ3) is 2.86. The first kappa shape index (κ1) is 13.2. The molecule has 2 fully saturated rings. The van der Waals surface area contributed by atoms with E-state index < -0.39 is 9.84 Å². The summed E-state index contributed by atoms with van der Waals surface area (Å²) in [5, 5.41) is 0. The number of amides is 1. The summed E-state index contributed by atoms with van der Waals surface area (Å²) in [7, 11) is -2.92. The lowest BCUT2D eigenvalue weighted by molar-refractivity contribution is -0.138. The Morgan fingerprint density at radius 3 is 2.37 bits per heavy atom. The van der Waals surface area contributed by atoms with Crippen LogP contribution in [0.25, 0.3) is 0 Å². The second kappa shape index (κ2) is 4.93. The van der Waals surface area contributed by atoms with Crippen molar-refractivity contribution in [2.75, 3.05) is 11.5 Å². The fraction of sp³-hybridized carbons (Fsp3) is 0.786. The molecule has 0 N–H and O–H groups in total. The predicted octanol–water partition coefficient (Wildman–Crippen LogP) is 1.52. The third-order valence-electron chi connectivity index (χ3n) is 4.41. The molecule has 1 aliphatic heterocycles. The van der Waals surface area contributed by atoms with E-state index in [4.69, 9.17) is 0 Å². The molecule has 19 heavy (non-hydrogen) atoms. The molecule has 2 aliphatic carbocycles. The first-order valence-corrected chi connectivity index (χ1v) is 9.06. The minimum Gasteiger partial charge on any atom is -0.335 e. The minimum atomic E-state index is -2.92. The Balaban J connectivity index is 1.74. The maximum absolute atomic E-state index is 12.7. The van der Waals surface area contributed by atoms with E-state index >= 15 is 0 Å². The molecule has 1 saturated carbocycles. The van der Waals surface area contributed by atoms with Gasteiger partial charge in [-0.05, 0) is 38.5 Å². The van der Waals surface area contributed by atoms with Gasteiger partial charge in [0, 0.05) is 18.0 Å². The third-order valence-corrected chi connectivity index (χ3v) is 6.17. The van der Waals surface area contributed by atoms with Crippen molar-refractivity contribution in [2.45, 2.75) is 50.6 Å². The van der Waals surface area contributed by atoms with Crippen LogP contribution >= 0.6 is 0 Å². The van der Waals surface area contributed by atoms with Crippen LogP contribution in [0.1, 0.15) is 38.5 Å². The van der Waals surface area contributed by atoms with E-state index in [0.717, 1.165) is 32.1 Å². The Labute approximate surface area is 114 Å². The molecule has 1 saturated heterocycles. The molecule has 0 spiro atoms. The second-order valence-electron chi connectivity index (χ2n) is 6.01. The number of carbonyl (C=O) groups is 1. The van der Waals surface area contributed by atoms with Crippen LogP contribution in [-0.2, 0) is 14.6 Å². The van der Waals surface area contributed by atoms with Crippen molar-refractivity contribution in [2.24, 2.45) is 5.92 Å². The normalized spacial score (nSPS) is 33.3. The van der Waals surface area contributed by atoms with Crippen molar-refractivity contribution < 1.29 is 13.2 Å². The lowest BCUT2D eigenvalue weighted by Crippen LogP contribution is -2.45. The zero-order chi connectivity index (χ0) is 13.5. The van der Waals surface area contributed by atoms with E-state index in [1.54, 1.807) is 0 Å². The number of hydrogen-bond donors (Lipinski definition) is 0. The maximum Gasteiger partial charge on any atom is 0.226 e. The average molecular weight is 283 g/mol. The number of nitrogens with zero attached hydrogens (tertiary/aromatic N) is 1.